The molecule has 2 rings (SSSR count). The van der Waals surface area contributed by atoms with Gasteiger partial charge in [0.25, 0.3) is 5.91 Å². The number of alkyl halides is 3. The van der Waals surface area contributed by atoms with Crippen LogP contribution in [0.15, 0.2) is 36.7 Å². The third kappa shape index (κ3) is 5.18. The zero-order chi connectivity index (χ0) is 19.2. The van der Waals surface area contributed by atoms with Crippen LogP contribution >= 0.6 is 0 Å². The van der Waals surface area contributed by atoms with Crippen molar-refractivity contribution in [2.24, 2.45) is 0 Å². The van der Waals surface area contributed by atoms with E-state index in [4.69, 9.17) is 0 Å². The van der Waals surface area contributed by atoms with E-state index in [0.29, 0.717) is 24.3 Å². The normalized spacial score (nSPS) is 11.3. The van der Waals surface area contributed by atoms with Gasteiger partial charge in [0.05, 0.1) is 11.1 Å². The zero-order valence-electron chi connectivity index (χ0n) is 14.7. The Morgan fingerprint density at radius 2 is 1.58 bits per heavy atom. The molecule has 0 aliphatic carbocycles. The van der Waals surface area contributed by atoms with Gasteiger partial charge in [-0.25, -0.2) is 9.97 Å². The Bertz CT molecular complexity index is 709. The number of carbonyl (C=O) groups excluding carboxylic acids is 1. The smallest absolute Gasteiger partial charge is 0.339 e. The summed E-state index contributed by atoms with van der Waals surface area (Å²) < 4.78 is 37.7. The molecule has 1 N–H and O–H groups in total. The van der Waals surface area contributed by atoms with E-state index in [0.717, 1.165) is 25.0 Å². The largest absolute Gasteiger partial charge is 0.416 e. The number of hydrogen-bond donors (Lipinski definition) is 1. The molecule has 0 fully saturated rings. The van der Waals surface area contributed by atoms with Crippen LogP contribution in [0, 0.1) is 0 Å². The van der Waals surface area contributed by atoms with Gasteiger partial charge >= 0.3 is 6.18 Å². The highest BCUT2D eigenvalue weighted by molar-refractivity contribution is 5.93. The highest BCUT2D eigenvalue weighted by atomic mass is 19.4. The van der Waals surface area contributed by atoms with Gasteiger partial charge in [0.2, 0.25) is 5.95 Å². The fourth-order valence-electron chi connectivity index (χ4n) is 2.41. The summed E-state index contributed by atoms with van der Waals surface area (Å²) in [6, 6.07) is 4.56. The number of halogens is 3. The van der Waals surface area contributed by atoms with E-state index in [9.17, 15) is 18.0 Å². The summed E-state index contributed by atoms with van der Waals surface area (Å²) in [7, 11) is 0. The first-order chi connectivity index (χ1) is 12.3. The van der Waals surface area contributed by atoms with Gasteiger partial charge in [0.1, 0.15) is 0 Å². The van der Waals surface area contributed by atoms with Crippen molar-refractivity contribution in [1.29, 1.82) is 0 Å². The summed E-state index contributed by atoms with van der Waals surface area (Å²) >= 11 is 0. The molecular weight excluding hydrogens is 345 g/mol. The Morgan fingerprint density at radius 1 is 1.04 bits per heavy atom. The van der Waals surface area contributed by atoms with Crippen molar-refractivity contribution < 1.29 is 18.0 Å². The number of benzene rings is 1. The van der Waals surface area contributed by atoms with Crippen LogP contribution in [-0.2, 0) is 6.18 Å². The average molecular weight is 366 g/mol. The van der Waals surface area contributed by atoms with Crippen LogP contribution in [0.4, 0.5) is 24.8 Å². The zero-order valence-corrected chi connectivity index (χ0v) is 14.7. The maximum absolute atomic E-state index is 12.6. The van der Waals surface area contributed by atoms with E-state index in [1.165, 1.54) is 24.5 Å². The van der Waals surface area contributed by atoms with Crippen LogP contribution in [-0.4, -0.2) is 33.9 Å². The minimum absolute atomic E-state index is 0.130. The van der Waals surface area contributed by atoms with Gasteiger partial charge in [-0.15, -0.1) is 0 Å². The van der Waals surface area contributed by atoms with Crippen LogP contribution < -0.4 is 5.32 Å². The standard InChI is InChI=1S/C18H21F3N4O/c1-3-9-25(10-4-2)16(26)13-11-22-17(23-12-13)24-15-7-5-14(6-8-15)18(19,20)21/h5-8,11-12H,3-4,9-10H2,1-2H3,(H,22,23,24). The molecule has 26 heavy (non-hydrogen) atoms. The predicted octanol–water partition coefficient (Wildman–Crippen LogP) is 4.50. The van der Waals surface area contributed by atoms with Crippen molar-refractivity contribution in [2.45, 2.75) is 32.9 Å². The molecule has 0 unspecified atom stereocenters. The quantitative estimate of drug-likeness (QED) is 0.784. The average Bonchev–Trinajstić information content (AvgIpc) is 2.61. The lowest BCUT2D eigenvalue weighted by atomic mass is 10.2. The van der Waals surface area contributed by atoms with Crippen LogP contribution in [0.3, 0.4) is 0 Å². The molecule has 0 saturated heterocycles. The van der Waals surface area contributed by atoms with E-state index < -0.39 is 11.7 Å². The van der Waals surface area contributed by atoms with Gasteiger partial charge in [0, 0.05) is 31.2 Å². The number of anilines is 2. The molecule has 0 atom stereocenters. The lowest BCUT2D eigenvalue weighted by Crippen LogP contribution is -2.32. The first kappa shape index (κ1) is 19.7. The molecule has 0 bridgehead atoms. The Balaban J connectivity index is 2.06. The van der Waals surface area contributed by atoms with Crippen molar-refractivity contribution in [1.82, 2.24) is 14.9 Å². The maximum Gasteiger partial charge on any atom is 0.416 e. The van der Waals surface area contributed by atoms with E-state index in [-0.39, 0.29) is 11.9 Å². The first-order valence-electron chi connectivity index (χ1n) is 8.40. The lowest BCUT2D eigenvalue weighted by molar-refractivity contribution is -0.137. The molecule has 2 aromatic rings. The van der Waals surface area contributed by atoms with Crippen molar-refractivity contribution in [3.05, 3.63) is 47.8 Å². The SMILES string of the molecule is CCCN(CCC)C(=O)c1cnc(Nc2ccc(C(F)(F)F)cc2)nc1. The Morgan fingerprint density at radius 3 is 2.04 bits per heavy atom. The summed E-state index contributed by atoms with van der Waals surface area (Å²) in [6.07, 6.45) is 0.181. The summed E-state index contributed by atoms with van der Waals surface area (Å²) in [6.45, 7) is 5.34. The van der Waals surface area contributed by atoms with E-state index in [2.05, 4.69) is 15.3 Å². The van der Waals surface area contributed by atoms with Gasteiger partial charge in [-0.3, -0.25) is 4.79 Å². The molecule has 1 aromatic carbocycles. The molecule has 0 radical (unpaired) electrons. The van der Waals surface area contributed by atoms with Crippen LogP contribution in [0.25, 0.3) is 0 Å². The maximum atomic E-state index is 12.6. The minimum atomic E-state index is -4.38. The van der Waals surface area contributed by atoms with Crippen molar-refractivity contribution in [3.63, 3.8) is 0 Å². The number of nitrogens with one attached hydrogen (secondary N) is 1. The molecule has 0 aliphatic heterocycles. The molecular formula is C18H21F3N4O. The van der Waals surface area contributed by atoms with Crippen LogP contribution in [0.5, 0.6) is 0 Å². The van der Waals surface area contributed by atoms with Crippen molar-refractivity contribution in [3.8, 4) is 0 Å². The molecule has 0 spiro atoms. The van der Waals surface area contributed by atoms with E-state index in [1.54, 1.807) is 4.90 Å². The molecule has 1 heterocycles. The third-order valence-electron chi connectivity index (χ3n) is 3.64. The first-order valence-corrected chi connectivity index (χ1v) is 8.40. The van der Waals surface area contributed by atoms with Gasteiger partial charge in [-0.05, 0) is 37.1 Å². The van der Waals surface area contributed by atoms with E-state index >= 15 is 0 Å². The number of aromatic nitrogens is 2. The highest BCUT2D eigenvalue weighted by Gasteiger charge is 2.29. The number of hydrogen-bond acceptors (Lipinski definition) is 4. The Kier molecular flexibility index (Phi) is 6.54. The fourth-order valence-corrected chi connectivity index (χ4v) is 2.41. The van der Waals surface area contributed by atoms with Crippen LogP contribution in [0.1, 0.15) is 42.6 Å². The van der Waals surface area contributed by atoms with Crippen molar-refractivity contribution in [2.75, 3.05) is 18.4 Å². The summed E-state index contributed by atoms with van der Waals surface area (Å²) in [5.74, 6) is 0.0774. The van der Waals surface area contributed by atoms with Gasteiger partial charge in [-0.2, -0.15) is 13.2 Å². The summed E-state index contributed by atoms with van der Waals surface area (Å²) in [5, 5.41) is 2.81. The third-order valence-corrected chi connectivity index (χ3v) is 3.64. The summed E-state index contributed by atoms with van der Waals surface area (Å²) in [4.78, 5) is 22.4. The van der Waals surface area contributed by atoms with Gasteiger partial charge in [-0.1, -0.05) is 13.8 Å². The number of nitrogens with zero attached hydrogens (tertiary/aromatic N) is 3. The summed E-state index contributed by atoms with van der Waals surface area (Å²) in [5.41, 5.74) is 0.0809. The monoisotopic (exact) mass is 366 g/mol. The molecule has 0 saturated carbocycles. The van der Waals surface area contributed by atoms with Gasteiger partial charge < -0.3 is 10.2 Å². The lowest BCUT2D eigenvalue weighted by Gasteiger charge is -2.21. The van der Waals surface area contributed by atoms with Gasteiger partial charge in [0.15, 0.2) is 0 Å². The molecule has 5 nitrogen and oxygen atoms in total. The number of carbonyl (C=O) groups is 1. The second-order valence-electron chi connectivity index (χ2n) is 5.79. The molecule has 1 amide bonds. The van der Waals surface area contributed by atoms with Crippen LogP contribution in [0.2, 0.25) is 0 Å². The molecule has 8 heteroatoms. The van der Waals surface area contributed by atoms with E-state index in [1.807, 2.05) is 13.8 Å². The molecule has 140 valence electrons. The Hall–Kier alpha value is -2.64. The second kappa shape index (κ2) is 8.64. The Labute approximate surface area is 150 Å². The topological polar surface area (TPSA) is 58.1 Å². The molecule has 1 aromatic heterocycles. The predicted molar refractivity (Wildman–Crippen MR) is 93.2 cm³/mol. The van der Waals surface area contributed by atoms with Crippen molar-refractivity contribution >= 4 is 17.5 Å². The number of rotatable bonds is 7. The minimum Gasteiger partial charge on any atom is -0.339 e. The highest BCUT2D eigenvalue weighted by Crippen LogP contribution is 2.30. The second-order valence-corrected chi connectivity index (χ2v) is 5.79. The molecule has 0 aliphatic rings. The fraction of sp³-hybridized carbons (Fsp3) is 0.389. The number of amides is 1.